The molecule has 8 nitrogen and oxygen atoms in total. The van der Waals surface area contributed by atoms with Crippen LogP contribution in [0.2, 0.25) is 0 Å². The third kappa shape index (κ3) is 5.64. The first-order chi connectivity index (χ1) is 15.7. The van der Waals surface area contributed by atoms with Gasteiger partial charge in [-0.25, -0.2) is 9.97 Å². The number of halogens is 1. The van der Waals surface area contributed by atoms with Crippen LogP contribution in [0.3, 0.4) is 0 Å². The number of nitrogens with zero attached hydrogens (tertiary/aromatic N) is 5. The zero-order valence-corrected chi connectivity index (χ0v) is 18.8. The Labute approximate surface area is 198 Å². The van der Waals surface area contributed by atoms with Crippen LogP contribution < -0.4 is 10.6 Å². The average molecular weight is 462 g/mol. The maximum atomic E-state index is 11.6. The lowest BCUT2D eigenvalue weighted by molar-refractivity contribution is -0.124. The molecule has 3 aromatic rings. The topological polar surface area (TPSA) is 107 Å². The minimum Gasteiger partial charge on any atom is -0.354 e. The predicted octanol–water partition coefficient (Wildman–Crippen LogP) is 3.38. The second-order valence-corrected chi connectivity index (χ2v) is 8.21. The monoisotopic (exact) mass is 461 g/mol. The standard InChI is InChI=1S/C24H23N7O.ClH/c25-12-16-5-6-26-22(9-16)30-23-11-19(17-1-2-17)10-21(29-23)18-3-4-20(28-13-18)14-31-8-7-27-24(32)15-31;/h3-6,9-11,13,17H,1-2,7-8,14-15H2,(H,27,32)(H,26,29,30);1H. The van der Waals surface area contributed by atoms with E-state index in [1.165, 1.54) is 18.4 Å². The molecule has 2 N–H and O–H groups in total. The van der Waals surface area contributed by atoms with Crippen molar-refractivity contribution < 1.29 is 4.79 Å². The number of aromatic nitrogens is 3. The van der Waals surface area contributed by atoms with Crippen molar-refractivity contribution in [1.29, 1.82) is 5.26 Å². The number of nitrogens with one attached hydrogen (secondary N) is 2. The van der Waals surface area contributed by atoms with Gasteiger partial charge in [0, 0.05) is 37.6 Å². The van der Waals surface area contributed by atoms with Crippen molar-refractivity contribution >= 4 is 29.9 Å². The molecule has 5 rings (SSSR count). The van der Waals surface area contributed by atoms with Crippen molar-refractivity contribution in [2.45, 2.75) is 25.3 Å². The van der Waals surface area contributed by atoms with E-state index in [-0.39, 0.29) is 18.3 Å². The van der Waals surface area contributed by atoms with Gasteiger partial charge in [0.25, 0.3) is 0 Å². The smallest absolute Gasteiger partial charge is 0.234 e. The second-order valence-electron chi connectivity index (χ2n) is 8.21. The molecule has 2 fully saturated rings. The molecule has 0 aromatic carbocycles. The second kappa shape index (κ2) is 9.94. The lowest BCUT2D eigenvalue weighted by Crippen LogP contribution is -2.47. The Morgan fingerprint density at radius 3 is 2.76 bits per heavy atom. The van der Waals surface area contributed by atoms with Gasteiger partial charge < -0.3 is 10.6 Å². The van der Waals surface area contributed by atoms with Crippen LogP contribution in [0.1, 0.15) is 35.6 Å². The van der Waals surface area contributed by atoms with Gasteiger partial charge in [-0.15, -0.1) is 12.4 Å². The Balaban J connectivity index is 0.00000259. The van der Waals surface area contributed by atoms with Crippen LogP contribution in [0, 0.1) is 11.3 Å². The summed E-state index contributed by atoms with van der Waals surface area (Å²) >= 11 is 0. The van der Waals surface area contributed by atoms with Crippen molar-refractivity contribution in [2.24, 2.45) is 0 Å². The summed E-state index contributed by atoms with van der Waals surface area (Å²) < 4.78 is 0. The van der Waals surface area contributed by atoms with Crippen LogP contribution in [-0.4, -0.2) is 45.4 Å². The molecule has 1 aliphatic heterocycles. The minimum absolute atomic E-state index is 0. The number of nitriles is 1. The Kier molecular flexibility index (Phi) is 6.82. The maximum absolute atomic E-state index is 11.6. The van der Waals surface area contributed by atoms with Gasteiger partial charge in [0.05, 0.1) is 29.6 Å². The molecule has 0 radical (unpaired) electrons. The summed E-state index contributed by atoms with van der Waals surface area (Å²) in [6, 6.07) is 13.7. The lowest BCUT2D eigenvalue weighted by atomic mass is 10.1. The maximum Gasteiger partial charge on any atom is 0.234 e. The van der Waals surface area contributed by atoms with Gasteiger partial charge in [0.15, 0.2) is 0 Å². The molecule has 4 heterocycles. The number of carbonyl (C=O) groups is 1. The first-order valence-corrected chi connectivity index (χ1v) is 10.8. The van der Waals surface area contributed by atoms with Crippen molar-refractivity contribution in [1.82, 2.24) is 25.2 Å². The molecule has 1 amide bonds. The number of anilines is 2. The highest BCUT2D eigenvalue weighted by molar-refractivity contribution is 5.85. The van der Waals surface area contributed by atoms with Gasteiger partial charge in [-0.1, -0.05) is 0 Å². The van der Waals surface area contributed by atoms with Crippen LogP contribution in [-0.2, 0) is 11.3 Å². The zero-order chi connectivity index (χ0) is 21.9. The van der Waals surface area contributed by atoms with E-state index in [0.29, 0.717) is 42.8 Å². The van der Waals surface area contributed by atoms with Gasteiger partial charge in [0.1, 0.15) is 11.6 Å². The quantitative estimate of drug-likeness (QED) is 0.579. The third-order valence-corrected chi connectivity index (χ3v) is 5.67. The van der Waals surface area contributed by atoms with Crippen LogP contribution in [0.5, 0.6) is 0 Å². The molecule has 33 heavy (non-hydrogen) atoms. The predicted molar refractivity (Wildman–Crippen MR) is 127 cm³/mol. The number of hydrogen-bond acceptors (Lipinski definition) is 7. The molecule has 9 heteroatoms. The zero-order valence-electron chi connectivity index (χ0n) is 18.0. The minimum atomic E-state index is 0. The molecule has 3 aromatic heterocycles. The van der Waals surface area contributed by atoms with E-state index in [1.807, 2.05) is 18.3 Å². The summed E-state index contributed by atoms with van der Waals surface area (Å²) in [7, 11) is 0. The molecule has 1 saturated heterocycles. The summed E-state index contributed by atoms with van der Waals surface area (Å²) in [5, 5.41) is 15.2. The Morgan fingerprint density at radius 1 is 1.15 bits per heavy atom. The fraction of sp³-hybridized carbons (Fsp3) is 0.292. The summed E-state index contributed by atoms with van der Waals surface area (Å²) in [6.07, 6.45) is 5.83. The van der Waals surface area contributed by atoms with Crippen LogP contribution >= 0.6 is 12.4 Å². The van der Waals surface area contributed by atoms with E-state index in [4.69, 9.17) is 10.2 Å². The van der Waals surface area contributed by atoms with E-state index in [0.717, 1.165) is 23.5 Å². The van der Waals surface area contributed by atoms with Gasteiger partial charge in [-0.2, -0.15) is 5.26 Å². The molecule has 1 aliphatic carbocycles. The van der Waals surface area contributed by atoms with Crippen molar-refractivity contribution in [3.63, 3.8) is 0 Å². The number of hydrogen-bond donors (Lipinski definition) is 2. The molecule has 0 atom stereocenters. The van der Waals surface area contributed by atoms with Crippen molar-refractivity contribution in [3.05, 3.63) is 65.6 Å². The number of piperazine rings is 1. The van der Waals surface area contributed by atoms with E-state index in [2.05, 4.69) is 43.7 Å². The van der Waals surface area contributed by atoms with Crippen molar-refractivity contribution in [3.8, 4) is 17.3 Å². The molecule has 0 bridgehead atoms. The normalized spacial score (nSPS) is 15.8. The SMILES string of the molecule is Cl.N#Cc1ccnc(Nc2cc(C3CC3)cc(-c3ccc(CN4CCNC(=O)C4)nc3)n2)c1. The van der Waals surface area contributed by atoms with Crippen LogP contribution in [0.15, 0.2) is 48.8 Å². The number of amides is 1. The van der Waals surface area contributed by atoms with E-state index >= 15 is 0 Å². The summed E-state index contributed by atoms with van der Waals surface area (Å²) in [4.78, 5) is 27.4. The lowest BCUT2D eigenvalue weighted by Gasteiger charge is -2.25. The molecule has 0 unspecified atom stereocenters. The average Bonchev–Trinajstić information content (AvgIpc) is 3.65. The van der Waals surface area contributed by atoms with Gasteiger partial charge in [-0.3, -0.25) is 14.7 Å². The number of rotatable bonds is 6. The van der Waals surface area contributed by atoms with Gasteiger partial charge >= 0.3 is 0 Å². The van der Waals surface area contributed by atoms with E-state index < -0.39 is 0 Å². The van der Waals surface area contributed by atoms with Gasteiger partial charge in [0.2, 0.25) is 5.91 Å². The highest BCUT2D eigenvalue weighted by atomic mass is 35.5. The molecule has 168 valence electrons. The van der Waals surface area contributed by atoms with Crippen molar-refractivity contribution in [2.75, 3.05) is 25.0 Å². The first kappa shape index (κ1) is 22.6. The highest BCUT2D eigenvalue weighted by Gasteiger charge is 2.25. The Morgan fingerprint density at radius 2 is 2.03 bits per heavy atom. The Bertz CT molecular complexity index is 1190. The molecule has 1 saturated carbocycles. The molecule has 0 spiro atoms. The largest absolute Gasteiger partial charge is 0.354 e. The molecule has 2 aliphatic rings. The molecular weight excluding hydrogens is 438 g/mol. The summed E-state index contributed by atoms with van der Waals surface area (Å²) in [5.41, 5.74) is 4.52. The fourth-order valence-electron chi connectivity index (χ4n) is 3.84. The third-order valence-electron chi connectivity index (χ3n) is 5.67. The van der Waals surface area contributed by atoms with E-state index in [1.54, 1.807) is 18.3 Å². The number of pyridine rings is 3. The summed E-state index contributed by atoms with van der Waals surface area (Å²) in [5.74, 6) is 1.92. The van der Waals surface area contributed by atoms with Crippen LogP contribution in [0.25, 0.3) is 11.3 Å². The summed E-state index contributed by atoms with van der Waals surface area (Å²) in [6.45, 7) is 2.56. The molecular formula is C24H24ClN7O. The van der Waals surface area contributed by atoms with Gasteiger partial charge in [-0.05, 0) is 60.7 Å². The Hall–Kier alpha value is -3.54. The van der Waals surface area contributed by atoms with Crippen LogP contribution in [0.4, 0.5) is 11.6 Å². The first-order valence-electron chi connectivity index (χ1n) is 10.8. The van der Waals surface area contributed by atoms with E-state index in [9.17, 15) is 4.79 Å². The highest BCUT2D eigenvalue weighted by Crippen LogP contribution is 2.42. The number of carbonyl (C=O) groups excluding carboxylic acids is 1. The fourth-order valence-corrected chi connectivity index (χ4v) is 3.84.